The molecule has 0 heterocycles. The van der Waals surface area contributed by atoms with Crippen LogP contribution < -0.4 is 68.9 Å². The van der Waals surface area contributed by atoms with Crippen LogP contribution >= 0.6 is 15.2 Å². The molecule has 0 bridgehead atoms. The summed E-state index contributed by atoms with van der Waals surface area (Å²) in [5.41, 5.74) is 0. The van der Waals surface area contributed by atoms with E-state index in [9.17, 15) is 24.0 Å². The van der Waals surface area contributed by atoms with Crippen LogP contribution in [0.1, 0.15) is 32.1 Å². The first kappa shape index (κ1) is 26.4. The minimum absolute atomic E-state index is 0. The van der Waals surface area contributed by atoms with Crippen molar-refractivity contribution in [1.82, 2.24) is 4.90 Å². The van der Waals surface area contributed by atoms with Crippen LogP contribution in [-0.4, -0.2) is 45.0 Å². The van der Waals surface area contributed by atoms with Gasteiger partial charge in [0.05, 0.1) is 0 Å². The molecular weight excluding hydrogens is 354 g/mol. The monoisotopic (exact) mass is 375 g/mol. The Morgan fingerprint density at radius 2 is 1.50 bits per heavy atom. The van der Waals surface area contributed by atoms with Gasteiger partial charge in [-0.05, 0) is 59.7 Å². The van der Waals surface area contributed by atoms with Gasteiger partial charge in [0.2, 0.25) is 0 Å². The molecule has 12 heteroatoms. The topological polar surface area (TPSA) is 144 Å². The van der Waals surface area contributed by atoms with E-state index in [-0.39, 0.29) is 65.0 Å². The van der Waals surface area contributed by atoms with E-state index in [1.165, 1.54) is 0 Å². The molecule has 22 heavy (non-hydrogen) atoms. The predicted octanol–water partition coefficient (Wildman–Crippen LogP) is -6.76. The fraction of sp³-hybridized carbons (Fsp3) is 1.00. The summed E-state index contributed by atoms with van der Waals surface area (Å²) in [5, 5.41) is 6.26. The largest absolute Gasteiger partial charge is 1.00 e. The van der Waals surface area contributed by atoms with Crippen LogP contribution in [0, 0.1) is 5.92 Å². The van der Waals surface area contributed by atoms with Crippen LogP contribution in [0.25, 0.3) is 0 Å². The standard InChI is InChI=1S/C10H23NO7P2.2Na/c1-11(2)9-5-3-8(4-6-9)7-10(12,19(13,14)15)20(16,17)18;;/h8-9,12H,3-7H2,1-2H3,(H2,13,14,15)(H2,16,17,18);;/q;2*+1/p-2. The van der Waals surface area contributed by atoms with E-state index < -0.39 is 26.7 Å². The number of rotatable bonds is 5. The van der Waals surface area contributed by atoms with E-state index in [0.717, 1.165) is 12.8 Å². The minimum Gasteiger partial charge on any atom is -0.808 e. The third-order valence-corrected chi connectivity index (χ3v) is 7.71. The van der Waals surface area contributed by atoms with E-state index in [4.69, 9.17) is 9.79 Å². The van der Waals surface area contributed by atoms with Crippen molar-refractivity contribution in [3.05, 3.63) is 0 Å². The van der Waals surface area contributed by atoms with Gasteiger partial charge in [0.15, 0.2) is 5.08 Å². The maximum Gasteiger partial charge on any atom is 1.00 e. The smallest absolute Gasteiger partial charge is 0.808 e. The quantitative estimate of drug-likeness (QED) is 0.318. The summed E-state index contributed by atoms with van der Waals surface area (Å²) in [6, 6.07) is 0.320. The van der Waals surface area contributed by atoms with E-state index in [2.05, 4.69) is 0 Å². The zero-order valence-corrected chi connectivity index (χ0v) is 19.3. The van der Waals surface area contributed by atoms with E-state index in [1.54, 1.807) is 0 Å². The molecule has 1 fully saturated rings. The molecule has 0 aromatic heterocycles. The Kier molecular flexibility index (Phi) is 11.8. The third kappa shape index (κ3) is 6.50. The summed E-state index contributed by atoms with van der Waals surface area (Å²) in [5.74, 6) is -0.389. The van der Waals surface area contributed by atoms with Crippen LogP contribution in [0.3, 0.4) is 0 Å². The molecule has 1 saturated carbocycles. The van der Waals surface area contributed by atoms with Crippen LogP contribution in [0.2, 0.25) is 0 Å². The van der Waals surface area contributed by atoms with E-state index >= 15 is 0 Å². The molecule has 1 aliphatic rings. The summed E-state index contributed by atoms with van der Waals surface area (Å²) < 4.78 is 22.3. The van der Waals surface area contributed by atoms with Gasteiger partial charge >= 0.3 is 66.7 Å². The van der Waals surface area contributed by atoms with Gasteiger partial charge in [-0.15, -0.1) is 0 Å². The number of aliphatic hydroxyl groups is 1. The first-order chi connectivity index (χ1) is 8.88. The van der Waals surface area contributed by atoms with Crippen LogP contribution in [0.15, 0.2) is 0 Å². The van der Waals surface area contributed by atoms with Crippen LogP contribution in [0.5, 0.6) is 0 Å². The van der Waals surface area contributed by atoms with Crippen LogP contribution in [-0.2, 0) is 9.13 Å². The Bertz CT molecular complexity index is 409. The molecule has 0 aliphatic heterocycles. The van der Waals surface area contributed by atoms with Crippen molar-refractivity contribution in [2.24, 2.45) is 5.92 Å². The van der Waals surface area contributed by atoms with Crippen molar-refractivity contribution < 1.29 is 92.9 Å². The van der Waals surface area contributed by atoms with Crippen molar-refractivity contribution in [2.45, 2.75) is 43.2 Å². The molecule has 0 radical (unpaired) electrons. The van der Waals surface area contributed by atoms with Gasteiger partial charge in [0, 0.05) is 6.04 Å². The Hall–Kier alpha value is 2.22. The molecule has 0 saturated heterocycles. The van der Waals surface area contributed by atoms with Gasteiger partial charge in [-0.1, -0.05) is 0 Å². The van der Waals surface area contributed by atoms with E-state index in [0.29, 0.717) is 18.9 Å². The van der Waals surface area contributed by atoms with Gasteiger partial charge < -0.3 is 34.1 Å². The van der Waals surface area contributed by atoms with Crippen molar-refractivity contribution in [2.75, 3.05) is 14.1 Å². The van der Waals surface area contributed by atoms with Crippen LogP contribution in [0.4, 0.5) is 0 Å². The summed E-state index contributed by atoms with van der Waals surface area (Å²) in [4.78, 5) is 42.2. The molecule has 3 N–H and O–H groups in total. The fourth-order valence-electron chi connectivity index (χ4n) is 2.64. The molecule has 0 aromatic rings. The second-order valence-corrected chi connectivity index (χ2v) is 9.57. The Balaban J connectivity index is 0. The molecule has 120 valence electrons. The average Bonchev–Trinajstić information content (AvgIpc) is 2.26. The second-order valence-electron chi connectivity index (χ2n) is 5.66. The second kappa shape index (κ2) is 9.79. The summed E-state index contributed by atoms with van der Waals surface area (Å²) in [6.07, 6.45) is 1.80. The summed E-state index contributed by atoms with van der Waals surface area (Å²) in [6.45, 7) is 0. The zero-order chi connectivity index (χ0) is 15.8. The van der Waals surface area contributed by atoms with Gasteiger partial charge in [0.25, 0.3) is 0 Å². The molecule has 0 spiro atoms. The maximum atomic E-state index is 11.2. The number of nitrogens with zero attached hydrogens (tertiary/aromatic N) is 1. The SMILES string of the molecule is CN(C)C1CCC(CC(O)(P(=O)([O-])[O-])P(=O)(O)O)CC1.[Na+].[Na+]. The first-order valence-corrected chi connectivity index (χ1v) is 9.50. The van der Waals surface area contributed by atoms with Gasteiger partial charge in [0.1, 0.15) is 0 Å². The van der Waals surface area contributed by atoms with Crippen molar-refractivity contribution in [3.8, 4) is 0 Å². The Morgan fingerprint density at radius 1 is 1.09 bits per heavy atom. The van der Waals surface area contributed by atoms with E-state index in [1.807, 2.05) is 19.0 Å². The molecule has 0 aromatic carbocycles. The van der Waals surface area contributed by atoms with Gasteiger partial charge in [-0.2, -0.15) is 0 Å². The molecule has 1 rings (SSSR count). The average molecular weight is 375 g/mol. The zero-order valence-electron chi connectivity index (χ0n) is 13.5. The molecule has 1 aliphatic carbocycles. The minimum atomic E-state index is -5.83. The number of hydrogen-bond donors (Lipinski definition) is 3. The molecule has 1 unspecified atom stereocenters. The Morgan fingerprint density at radius 3 is 1.77 bits per heavy atom. The number of hydrogen-bond acceptors (Lipinski definition) is 6. The molecule has 8 nitrogen and oxygen atoms in total. The third-order valence-electron chi connectivity index (χ3n) is 4.01. The van der Waals surface area contributed by atoms with Crippen molar-refractivity contribution in [3.63, 3.8) is 0 Å². The fourth-order valence-corrected chi connectivity index (χ4v) is 4.90. The normalized spacial score (nSPS) is 25.8. The maximum absolute atomic E-state index is 11.2. The molecule has 0 amide bonds. The van der Waals surface area contributed by atoms with Crippen molar-refractivity contribution in [1.29, 1.82) is 0 Å². The molecular formula is C10H21NNa2O7P2. The Labute approximate surface area is 175 Å². The summed E-state index contributed by atoms with van der Waals surface area (Å²) in [7, 11) is -7.45. The first-order valence-electron chi connectivity index (χ1n) is 6.35. The van der Waals surface area contributed by atoms with Gasteiger partial charge in [-0.3, -0.25) is 4.57 Å². The predicted molar refractivity (Wildman–Crippen MR) is 68.7 cm³/mol. The molecule has 1 atom stereocenters. The summed E-state index contributed by atoms with van der Waals surface area (Å²) >= 11 is 0. The van der Waals surface area contributed by atoms with Gasteiger partial charge in [-0.25, -0.2) is 0 Å². The van der Waals surface area contributed by atoms with Crippen molar-refractivity contribution >= 4 is 15.2 Å².